The zero-order chi connectivity index (χ0) is 20.7. The number of benzene rings is 1. The van der Waals surface area contributed by atoms with E-state index < -0.39 is 30.0 Å². The molecule has 2 rings (SSSR count). The Morgan fingerprint density at radius 3 is 2.50 bits per heavy atom. The summed E-state index contributed by atoms with van der Waals surface area (Å²) in [5.41, 5.74) is -0.989. The molecule has 1 saturated heterocycles. The van der Waals surface area contributed by atoms with Crippen LogP contribution in [0.1, 0.15) is 45.1 Å². The summed E-state index contributed by atoms with van der Waals surface area (Å²) in [6.07, 6.45) is 4.01. The lowest BCUT2D eigenvalue weighted by atomic mass is 9.92. The molecule has 0 bridgehead atoms. The maximum Gasteiger partial charge on any atom is 0.387 e. The molecule has 1 aliphatic heterocycles. The van der Waals surface area contributed by atoms with Crippen molar-refractivity contribution in [2.24, 2.45) is 0 Å². The average molecular weight is 397 g/mol. The molecule has 0 aliphatic carbocycles. The summed E-state index contributed by atoms with van der Waals surface area (Å²) < 4.78 is 28.8. The first kappa shape index (κ1) is 21.6. The van der Waals surface area contributed by atoms with E-state index >= 15 is 0 Å². The van der Waals surface area contributed by atoms with Crippen molar-refractivity contribution in [1.82, 2.24) is 15.5 Å². The number of carbonyl (C=O) groups excluding carboxylic acids is 3. The Balaban J connectivity index is 1.98. The Morgan fingerprint density at radius 1 is 1.21 bits per heavy atom. The van der Waals surface area contributed by atoms with Gasteiger partial charge in [-0.15, -0.1) is 0 Å². The number of amides is 4. The lowest BCUT2D eigenvalue weighted by Gasteiger charge is -2.22. The Kier molecular flexibility index (Phi) is 7.31. The third-order valence-electron chi connectivity index (χ3n) is 4.59. The maximum absolute atomic E-state index is 12.8. The van der Waals surface area contributed by atoms with Crippen molar-refractivity contribution in [3.63, 3.8) is 0 Å². The molecule has 1 aromatic carbocycles. The van der Waals surface area contributed by atoms with Crippen molar-refractivity contribution < 1.29 is 27.9 Å². The second-order valence-electron chi connectivity index (χ2n) is 6.76. The summed E-state index contributed by atoms with van der Waals surface area (Å²) in [5, 5.41) is 5.27. The first-order valence-electron chi connectivity index (χ1n) is 9.24. The number of ether oxygens (including phenoxy) is 1. The van der Waals surface area contributed by atoms with E-state index in [-0.39, 0.29) is 12.3 Å². The van der Waals surface area contributed by atoms with Crippen LogP contribution in [0.3, 0.4) is 0 Å². The Hall–Kier alpha value is -2.71. The van der Waals surface area contributed by atoms with Gasteiger partial charge in [0.25, 0.3) is 5.91 Å². The predicted octanol–water partition coefficient (Wildman–Crippen LogP) is 2.75. The van der Waals surface area contributed by atoms with Gasteiger partial charge in [-0.25, -0.2) is 4.79 Å². The molecule has 0 unspecified atom stereocenters. The second-order valence-corrected chi connectivity index (χ2v) is 6.76. The highest BCUT2D eigenvalue weighted by molar-refractivity contribution is 6.09. The second kappa shape index (κ2) is 9.48. The molecule has 0 spiro atoms. The summed E-state index contributed by atoms with van der Waals surface area (Å²) in [7, 11) is 0. The number of halogens is 2. The van der Waals surface area contributed by atoms with E-state index in [1.54, 1.807) is 0 Å². The number of nitrogens with one attached hydrogen (secondary N) is 2. The van der Waals surface area contributed by atoms with Crippen LogP contribution in [0.5, 0.6) is 5.75 Å². The normalized spacial score (nSPS) is 19.1. The van der Waals surface area contributed by atoms with Crippen molar-refractivity contribution >= 4 is 17.8 Å². The molecule has 1 fully saturated rings. The van der Waals surface area contributed by atoms with Gasteiger partial charge in [0.1, 0.15) is 17.8 Å². The van der Waals surface area contributed by atoms with Gasteiger partial charge in [-0.3, -0.25) is 14.5 Å². The molecule has 1 heterocycles. The monoisotopic (exact) mass is 397 g/mol. The smallest absolute Gasteiger partial charge is 0.387 e. The minimum Gasteiger partial charge on any atom is -0.435 e. The van der Waals surface area contributed by atoms with Gasteiger partial charge in [0.15, 0.2) is 0 Å². The fraction of sp³-hybridized carbons (Fsp3) is 0.526. The summed E-state index contributed by atoms with van der Waals surface area (Å²) in [6.45, 7) is 0.752. The van der Waals surface area contributed by atoms with Crippen LogP contribution in [-0.2, 0) is 15.1 Å². The van der Waals surface area contributed by atoms with Gasteiger partial charge in [0.2, 0.25) is 5.91 Å². The molecule has 1 atom stereocenters. The Morgan fingerprint density at radius 2 is 1.89 bits per heavy atom. The molecule has 2 N–H and O–H groups in total. The molecule has 28 heavy (non-hydrogen) atoms. The van der Waals surface area contributed by atoms with Crippen molar-refractivity contribution in [2.75, 3.05) is 13.1 Å². The first-order valence-corrected chi connectivity index (χ1v) is 9.24. The Bertz CT molecular complexity index is 712. The number of hydrogen-bond acceptors (Lipinski definition) is 4. The van der Waals surface area contributed by atoms with E-state index in [1.165, 1.54) is 31.2 Å². The van der Waals surface area contributed by atoms with Gasteiger partial charge < -0.3 is 15.4 Å². The quantitative estimate of drug-likeness (QED) is 0.469. The highest BCUT2D eigenvalue weighted by Gasteiger charge is 2.49. The van der Waals surface area contributed by atoms with Gasteiger partial charge in [-0.05, 0) is 31.0 Å². The fourth-order valence-corrected chi connectivity index (χ4v) is 2.99. The van der Waals surface area contributed by atoms with Crippen LogP contribution < -0.4 is 15.4 Å². The molecule has 0 aromatic heterocycles. The minimum atomic E-state index is -2.95. The number of hydrogen-bond donors (Lipinski definition) is 2. The number of unbranched alkanes of at least 4 members (excludes halogenated alkanes) is 3. The number of alkyl halides is 2. The third kappa shape index (κ3) is 5.17. The summed E-state index contributed by atoms with van der Waals surface area (Å²) in [5.74, 6) is -1.05. The zero-order valence-corrected chi connectivity index (χ0v) is 16.0. The van der Waals surface area contributed by atoms with Gasteiger partial charge in [0.05, 0.1) is 0 Å². The SMILES string of the molecule is CCCCCCNC(=O)CN1C(=O)N[C@@](C)(c2ccc(OC(F)F)cc2)C1=O. The van der Waals surface area contributed by atoms with Gasteiger partial charge in [-0.2, -0.15) is 8.78 Å². The topological polar surface area (TPSA) is 87.7 Å². The lowest BCUT2D eigenvalue weighted by molar-refractivity contribution is -0.134. The summed E-state index contributed by atoms with van der Waals surface area (Å²) in [4.78, 5) is 37.9. The molecule has 0 radical (unpaired) electrons. The molecule has 9 heteroatoms. The highest BCUT2D eigenvalue weighted by Crippen LogP contribution is 2.30. The molecule has 4 amide bonds. The average Bonchev–Trinajstić information content (AvgIpc) is 2.85. The van der Waals surface area contributed by atoms with Gasteiger partial charge in [0, 0.05) is 6.54 Å². The molecular formula is C19H25F2N3O4. The molecule has 7 nitrogen and oxygen atoms in total. The van der Waals surface area contributed by atoms with Crippen LogP contribution in [0.2, 0.25) is 0 Å². The van der Waals surface area contributed by atoms with E-state index in [2.05, 4.69) is 22.3 Å². The van der Waals surface area contributed by atoms with E-state index in [4.69, 9.17) is 0 Å². The predicted molar refractivity (Wildman–Crippen MR) is 97.8 cm³/mol. The van der Waals surface area contributed by atoms with Crippen LogP contribution in [0.15, 0.2) is 24.3 Å². The van der Waals surface area contributed by atoms with E-state index in [9.17, 15) is 23.2 Å². The third-order valence-corrected chi connectivity index (χ3v) is 4.59. The van der Waals surface area contributed by atoms with E-state index in [0.29, 0.717) is 12.1 Å². The fourth-order valence-electron chi connectivity index (χ4n) is 2.99. The number of imide groups is 1. The molecule has 1 aliphatic rings. The maximum atomic E-state index is 12.8. The first-order chi connectivity index (χ1) is 13.3. The number of urea groups is 1. The van der Waals surface area contributed by atoms with Gasteiger partial charge >= 0.3 is 12.6 Å². The molecule has 1 aromatic rings. The van der Waals surface area contributed by atoms with Crippen molar-refractivity contribution in [2.45, 2.75) is 51.7 Å². The standard InChI is InChI=1S/C19H25F2N3O4/c1-3-4-5-6-11-22-15(25)12-24-16(26)19(2,23-18(24)27)13-7-9-14(10-8-13)28-17(20)21/h7-10,17H,3-6,11-12H2,1-2H3,(H,22,25)(H,23,27)/t19-/m0/s1. The number of rotatable bonds is 10. The minimum absolute atomic E-state index is 0.0570. The van der Waals surface area contributed by atoms with E-state index in [0.717, 1.165) is 30.6 Å². The number of carbonyl (C=O) groups is 3. The lowest BCUT2D eigenvalue weighted by Crippen LogP contribution is -2.43. The van der Waals surface area contributed by atoms with Crippen LogP contribution >= 0.6 is 0 Å². The summed E-state index contributed by atoms with van der Waals surface area (Å²) in [6, 6.07) is 4.75. The molecular weight excluding hydrogens is 372 g/mol. The number of nitrogens with zero attached hydrogens (tertiary/aromatic N) is 1. The van der Waals surface area contributed by atoms with Crippen LogP contribution in [0.25, 0.3) is 0 Å². The summed E-state index contributed by atoms with van der Waals surface area (Å²) >= 11 is 0. The van der Waals surface area contributed by atoms with E-state index in [1.807, 2.05) is 0 Å². The van der Waals surface area contributed by atoms with Gasteiger partial charge in [-0.1, -0.05) is 38.3 Å². The molecule has 154 valence electrons. The van der Waals surface area contributed by atoms with Crippen molar-refractivity contribution in [3.05, 3.63) is 29.8 Å². The highest BCUT2D eigenvalue weighted by atomic mass is 19.3. The van der Waals surface area contributed by atoms with Crippen molar-refractivity contribution in [1.29, 1.82) is 0 Å². The largest absolute Gasteiger partial charge is 0.435 e. The van der Waals surface area contributed by atoms with Crippen LogP contribution in [-0.4, -0.2) is 42.4 Å². The van der Waals surface area contributed by atoms with Crippen molar-refractivity contribution in [3.8, 4) is 5.75 Å². The van der Waals surface area contributed by atoms with Crippen LogP contribution in [0.4, 0.5) is 13.6 Å². The van der Waals surface area contributed by atoms with Crippen LogP contribution in [0, 0.1) is 0 Å². The molecule has 0 saturated carbocycles. The zero-order valence-electron chi connectivity index (χ0n) is 16.0. The Labute approximate surface area is 162 Å².